The number of carbonyl (C=O) groups is 1. The number of ether oxygens (including phenoxy) is 1. The van der Waals surface area contributed by atoms with E-state index in [4.69, 9.17) is 5.11 Å². The summed E-state index contributed by atoms with van der Waals surface area (Å²) in [6, 6.07) is 4.67. The summed E-state index contributed by atoms with van der Waals surface area (Å²) in [5.41, 5.74) is 1.13. The minimum Gasteiger partial charge on any atom is -0.505 e. The van der Waals surface area contributed by atoms with Crippen molar-refractivity contribution in [2.45, 2.75) is 32.4 Å². The van der Waals surface area contributed by atoms with Gasteiger partial charge in [-0.3, -0.25) is 4.79 Å². The zero-order valence-electron chi connectivity index (χ0n) is 14.8. The molecule has 2 heterocycles. The Morgan fingerprint density at radius 3 is 2.62 bits per heavy atom. The van der Waals surface area contributed by atoms with Crippen molar-refractivity contribution in [3.8, 4) is 10.8 Å². The second-order valence-corrected chi connectivity index (χ2v) is 7.36. The number of hydrogen-bond acceptors (Lipinski definition) is 4. The molecule has 0 saturated heterocycles. The largest absolute Gasteiger partial charge is 0.505 e. The van der Waals surface area contributed by atoms with Crippen molar-refractivity contribution in [1.29, 1.82) is 0 Å². The molecule has 0 spiro atoms. The Morgan fingerprint density at radius 1 is 1.31 bits per heavy atom. The van der Waals surface area contributed by atoms with Gasteiger partial charge in [0.25, 0.3) is 0 Å². The van der Waals surface area contributed by atoms with Crippen LogP contribution in [0.15, 0.2) is 24.3 Å². The predicted octanol–water partition coefficient (Wildman–Crippen LogP) is 4.77. The van der Waals surface area contributed by atoms with Gasteiger partial charge in [0, 0.05) is 22.0 Å². The summed E-state index contributed by atoms with van der Waals surface area (Å²) in [6.45, 7) is 1.63. The highest BCUT2D eigenvalue weighted by atomic mass is 32.1. The Kier molecular flexibility index (Phi) is 5.44. The zero-order chi connectivity index (χ0) is 21.5. The summed E-state index contributed by atoms with van der Waals surface area (Å²) >= 11 is 0.704. The van der Waals surface area contributed by atoms with E-state index in [1.54, 1.807) is 11.5 Å². The van der Waals surface area contributed by atoms with Crippen molar-refractivity contribution in [3.63, 3.8) is 0 Å². The lowest BCUT2D eigenvalue weighted by atomic mass is 10.1. The van der Waals surface area contributed by atoms with Gasteiger partial charge in [-0.1, -0.05) is 0 Å². The summed E-state index contributed by atoms with van der Waals surface area (Å²) in [5, 5.41) is 18.7. The van der Waals surface area contributed by atoms with Gasteiger partial charge in [0.2, 0.25) is 0 Å². The van der Waals surface area contributed by atoms with Gasteiger partial charge in [-0.15, -0.1) is 11.3 Å². The van der Waals surface area contributed by atoms with E-state index in [-0.39, 0.29) is 13.0 Å². The number of alkyl halides is 4. The van der Waals surface area contributed by atoms with Gasteiger partial charge < -0.3 is 19.5 Å². The summed E-state index contributed by atoms with van der Waals surface area (Å²) in [5.74, 6) is -2.68. The number of phenolic OH excluding ortho intramolecular Hbond substituents is 1. The third kappa shape index (κ3) is 4.14. The maximum Gasteiger partial charge on any atom is 0.461 e. The van der Waals surface area contributed by atoms with Crippen LogP contribution in [0.5, 0.6) is 10.8 Å². The molecule has 3 aromatic rings. The van der Waals surface area contributed by atoms with Crippen molar-refractivity contribution in [2.24, 2.45) is 0 Å². The average Bonchev–Trinajstić information content (AvgIpc) is 3.13. The molecule has 0 aliphatic heterocycles. The molecule has 3 rings (SSSR count). The quantitative estimate of drug-likeness (QED) is 0.525. The second kappa shape index (κ2) is 7.54. The first kappa shape index (κ1) is 20.9. The fourth-order valence-corrected chi connectivity index (χ4v) is 3.84. The average molecular weight is 435 g/mol. The van der Waals surface area contributed by atoms with Crippen LogP contribution in [0.4, 0.5) is 22.0 Å². The number of aromatic hydroxyl groups is 1. The van der Waals surface area contributed by atoms with E-state index >= 15 is 0 Å². The molecule has 156 valence electrons. The van der Waals surface area contributed by atoms with Crippen LogP contribution < -0.4 is 4.74 Å². The van der Waals surface area contributed by atoms with Gasteiger partial charge in [-0.25, -0.2) is 4.39 Å². The van der Waals surface area contributed by atoms with Crippen LogP contribution in [0.1, 0.15) is 16.1 Å². The molecule has 5 nitrogen and oxygen atoms in total. The Morgan fingerprint density at radius 2 is 2.00 bits per heavy atom. The minimum atomic E-state index is -4.63. The highest BCUT2D eigenvalue weighted by Gasteiger charge is 2.44. The van der Waals surface area contributed by atoms with E-state index in [1.165, 1.54) is 6.07 Å². The van der Waals surface area contributed by atoms with Crippen molar-refractivity contribution in [3.05, 3.63) is 46.2 Å². The normalized spacial score (nSPS) is 12.1. The zero-order valence-corrected chi connectivity index (χ0v) is 15.6. The maximum atomic E-state index is 13.9. The van der Waals surface area contributed by atoms with Crippen molar-refractivity contribution in [1.82, 2.24) is 4.57 Å². The number of benzene rings is 1. The van der Waals surface area contributed by atoms with Crippen LogP contribution in [-0.4, -0.2) is 33.3 Å². The molecule has 1 aromatic carbocycles. The fraction of sp³-hybridized carbons (Fsp3) is 0.278. The molecule has 0 amide bonds. The van der Waals surface area contributed by atoms with Crippen LogP contribution in [0.25, 0.3) is 10.9 Å². The first-order valence-corrected chi connectivity index (χ1v) is 8.97. The molecular formula is C18H14F5NO4S. The number of hydrogen-bond donors (Lipinski definition) is 2. The number of aliphatic carboxylic acids is 1. The molecule has 2 N–H and O–H groups in total. The van der Waals surface area contributed by atoms with E-state index in [9.17, 15) is 31.9 Å². The Bertz CT molecular complexity index is 1080. The SMILES string of the molecule is Cc1c(CC(=O)O)c2cc(O)c(F)cc2n1Cc1ccc(OC(F)(F)C(F)F)s1. The molecule has 11 heteroatoms. The number of thiophene rings is 1. The summed E-state index contributed by atoms with van der Waals surface area (Å²) in [7, 11) is 0. The number of aromatic nitrogens is 1. The minimum absolute atomic E-state index is 0.0282. The monoisotopic (exact) mass is 435 g/mol. The number of carboxylic acid groups (broad SMARTS) is 1. The first-order chi connectivity index (χ1) is 13.5. The second-order valence-electron chi connectivity index (χ2n) is 6.23. The lowest BCUT2D eigenvalue weighted by molar-refractivity contribution is -0.251. The van der Waals surface area contributed by atoms with Crippen molar-refractivity contribution >= 4 is 28.2 Å². The highest BCUT2D eigenvalue weighted by molar-refractivity contribution is 7.13. The maximum absolute atomic E-state index is 13.9. The fourth-order valence-electron chi connectivity index (χ4n) is 2.97. The Balaban J connectivity index is 1.99. The van der Waals surface area contributed by atoms with Gasteiger partial charge in [-0.2, -0.15) is 17.6 Å². The number of carboxylic acids is 1. The van der Waals surface area contributed by atoms with Crippen LogP contribution in [0, 0.1) is 12.7 Å². The number of rotatable bonds is 7. The molecule has 0 atom stereocenters. The highest BCUT2D eigenvalue weighted by Crippen LogP contribution is 2.35. The molecule has 0 unspecified atom stereocenters. The van der Waals surface area contributed by atoms with E-state index in [1.807, 2.05) is 0 Å². The van der Waals surface area contributed by atoms with E-state index < -0.39 is 35.1 Å². The molecule has 0 radical (unpaired) electrons. The lowest BCUT2D eigenvalue weighted by Gasteiger charge is -2.14. The topological polar surface area (TPSA) is 71.7 Å². The number of nitrogens with zero attached hydrogens (tertiary/aromatic N) is 1. The standard InChI is InChI=1S/C18H14F5NO4S/c1-8-10(5-15(26)27)11-4-14(25)12(19)6-13(11)24(8)7-9-2-3-16(29-9)28-18(22,23)17(20)21/h2-4,6,17,25H,5,7H2,1H3,(H,26,27). The Hall–Kier alpha value is -2.82. The van der Waals surface area contributed by atoms with Gasteiger partial charge >= 0.3 is 18.5 Å². The predicted molar refractivity (Wildman–Crippen MR) is 94.6 cm³/mol. The summed E-state index contributed by atoms with van der Waals surface area (Å²) in [6.07, 6.45) is -8.99. The summed E-state index contributed by atoms with van der Waals surface area (Å²) in [4.78, 5) is 11.6. The number of phenols is 1. The van der Waals surface area contributed by atoms with Crippen LogP contribution in [-0.2, 0) is 17.8 Å². The van der Waals surface area contributed by atoms with E-state index in [2.05, 4.69) is 4.74 Å². The van der Waals surface area contributed by atoms with Gasteiger partial charge in [0.15, 0.2) is 16.6 Å². The third-order valence-electron chi connectivity index (χ3n) is 4.29. The molecule has 2 aromatic heterocycles. The van der Waals surface area contributed by atoms with Crippen LogP contribution >= 0.6 is 11.3 Å². The molecule has 0 aliphatic rings. The van der Waals surface area contributed by atoms with Crippen LogP contribution in [0.2, 0.25) is 0 Å². The molecule has 0 bridgehead atoms. The van der Waals surface area contributed by atoms with Gasteiger partial charge in [0.05, 0.1) is 18.5 Å². The lowest BCUT2D eigenvalue weighted by Crippen LogP contribution is -2.33. The molecule has 29 heavy (non-hydrogen) atoms. The molecule has 0 aliphatic carbocycles. The molecular weight excluding hydrogens is 421 g/mol. The smallest absolute Gasteiger partial charge is 0.461 e. The number of fused-ring (bicyclic) bond motifs is 1. The first-order valence-electron chi connectivity index (χ1n) is 8.15. The molecule has 0 fully saturated rings. The Labute approximate surface area is 164 Å². The van der Waals surface area contributed by atoms with Crippen molar-refractivity contribution in [2.75, 3.05) is 0 Å². The summed E-state index contributed by atoms with van der Waals surface area (Å²) < 4.78 is 70.2. The van der Waals surface area contributed by atoms with Crippen molar-refractivity contribution < 1.29 is 41.7 Å². The van der Waals surface area contributed by atoms with E-state index in [0.717, 1.165) is 18.2 Å². The number of halogens is 5. The van der Waals surface area contributed by atoms with E-state index in [0.29, 0.717) is 38.4 Å². The molecule has 0 saturated carbocycles. The van der Waals surface area contributed by atoms with Gasteiger partial charge in [-0.05, 0) is 30.7 Å². The van der Waals surface area contributed by atoms with Gasteiger partial charge in [0.1, 0.15) is 0 Å². The third-order valence-corrected chi connectivity index (χ3v) is 5.24. The van der Waals surface area contributed by atoms with Crippen LogP contribution in [0.3, 0.4) is 0 Å².